The Bertz CT molecular complexity index is 612. The zero-order valence-corrected chi connectivity index (χ0v) is 11.1. The van der Waals surface area contributed by atoms with E-state index in [1.165, 1.54) is 12.8 Å². The maximum Gasteiger partial charge on any atom is 0.289 e. The molecule has 2 N–H and O–H groups in total. The molecule has 0 spiro atoms. The van der Waals surface area contributed by atoms with Crippen molar-refractivity contribution in [1.82, 2.24) is 4.90 Å². The molecule has 0 radical (unpaired) electrons. The van der Waals surface area contributed by atoms with Gasteiger partial charge in [-0.2, -0.15) is 0 Å². The average molecular weight is 258 g/mol. The third kappa shape index (κ3) is 2.18. The van der Waals surface area contributed by atoms with E-state index >= 15 is 0 Å². The fourth-order valence-corrected chi connectivity index (χ4v) is 2.80. The molecule has 2 aromatic rings. The fraction of sp³-hybridized carbons (Fsp3) is 0.400. The smallest absolute Gasteiger partial charge is 0.289 e. The number of rotatable bonds is 2. The fourth-order valence-electron chi connectivity index (χ4n) is 2.80. The predicted molar refractivity (Wildman–Crippen MR) is 75.0 cm³/mol. The van der Waals surface area contributed by atoms with Crippen molar-refractivity contribution in [3.05, 3.63) is 30.0 Å². The summed E-state index contributed by atoms with van der Waals surface area (Å²) in [5.41, 5.74) is 7.11. The van der Waals surface area contributed by atoms with E-state index in [0.29, 0.717) is 23.1 Å². The Kier molecular flexibility index (Phi) is 2.93. The molecule has 0 unspecified atom stereocenters. The number of anilines is 1. The van der Waals surface area contributed by atoms with E-state index in [9.17, 15) is 4.79 Å². The number of amides is 1. The predicted octanol–water partition coefficient (Wildman–Crippen LogP) is 3.03. The third-order valence-electron chi connectivity index (χ3n) is 3.94. The zero-order chi connectivity index (χ0) is 13.4. The Morgan fingerprint density at radius 1 is 1.32 bits per heavy atom. The van der Waals surface area contributed by atoms with Crippen molar-refractivity contribution in [3.63, 3.8) is 0 Å². The minimum absolute atomic E-state index is 0.0401. The second kappa shape index (κ2) is 4.61. The van der Waals surface area contributed by atoms with Gasteiger partial charge in [-0.3, -0.25) is 4.79 Å². The first-order valence-electron chi connectivity index (χ1n) is 6.71. The number of carbonyl (C=O) groups excluding carboxylic acids is 1. The van der Waals surface area contributed by atoms with Crippen LogP contribution in [0.2, 0.25) is 0 Å². The third-order valence-corrected chi connectivity index (χ3v) is 3.94. The molecule has 3 rings (SSSR count). The number of nitrogens with zero attached hydrogens (tertiary/aromatic N) is 1. The summed E-state index contributed by atoms with van der Waals surface area (Å²) in [6, 6.07) is 7.54. The summed E-state index contributed by atoms with van der Waals surface area (Å²) in [6.45, 7) is 0. The average Bonchev–Trinajstić information content (AvgIpc) is 3.05. The lowest BCUT2D eigenvalue weighted by atomic mass is 10.2. The van der Waals surface area contributed by atoms with Gasteiger partial charge in [-0.1, -0.05) is 12.8 Å². The van der Waals surface area contributed by atoms with E-state index in [1.54, 1.807) is 18.2 Å². The Morgan fingerprint density at radius 2 is 2.05 bits per heavy atom. The largest absolute Gasteiger partial charge is 0.451 e. The van der Waals surface area contributed by atoms with Crippen LogP contribution in [0.5, 0.6) is 0 Å². The summed E-state index contributed by atoms with van der Waals surface area (Å²) < 4.78 is 5.62. The van der Waals surface area contributed by atoms with Gasteiger partial charge in [0.2, 0.25) is 0 Å². The molecule has 1 heterocycles. The number of furan rings is 1. The molecule has 1 aliphatic carbocycles. The number of fused-ring (bicyclic) bond motifs is 1. The van der Waals surface area contributed by atoms with Crippen LogP contribution >= 0.6 is 0 Å². The Morgan fingerprint density at radius 3 is 2.79 bits per heavy atom. The van der Waals surface area contributed by atoms with E-state index in [-0.39, 0.29) is 5.91 Å². The van der Waals surface area contributed by atoms with Gasteiger partial charge in [-0.15, -0.1) is 0 Å². The van der Waals surface area contributed by atoms with E-state index in [1.807, 2.05) is 18.0 Å². The van der Waals surface area contributed by atoms with Crippen LogP contribution in [-0.2, 0) is 0 Å². The van der Waals surface area contributed by atoms with Gasteiger partial charge in [0.15, 0.2) is 5.76 Å². The van der Waals surface area contributed by atoms with Crippen molar-refractivity contribution in [3.8, 4) is 0 Å². The topological polar surface area (TPSA) is 59.5 Å². The van der Waals surface area contributed by atoms with Crippen molar-refractivity contribution in [2.24, 2.45) is 0 Å². The highest BCUT2D eigenvalue weighted by atomic mass is 16.3. The van der Waals surface area contributed by atoms with Gasteiger partial charge in [0, 0.05) is 24.2 Å². The monoisotopic (exact) mass is 258 g/mol. The SMILES string of the molecule is CN(C(=O)c1cc2cc(N)ccc2o1)C1CCCC1. The quantitative estimate of drug-likeness (QED) is 0.842. The Balaban J connectivity index is 1.88. The summed E-state index contributed by atoms with van der Waals surface area (Å²) in [5.74, 6) is 0.358. The van der Waals surface area contributed by atoms with Crippen LogP contribution in [0.25, 0.3) is 11.0 Å². The highest BCUT2D eigenvalue weighted by Gasteiger charge is 2.26. The minimum Gasteiger partial charge on any atom is -0.451 e. The molecule has 1 aliphatic rings. The van der Waals surface area contributed by atoms with Crippen LogP contribution < -0.4 is 5.73 Å². The van der Waals surface area contributed by atoms with Gasteiger partial charge in [0.05, 0.1) is 0 Å². The van der Waals surface area contributed by atoms with Crippen molar-refractivity contribution in [2.45, 2.75) is 31.7 Å². The van der Waals surface area contributed by atoms with Crippen molar-refractivity contribution < 1.29 is 9.21 Å². The lowest BCUT2D eigenvalue weighted by Crippen LogP contribution is -2.34. The van der Waals surface area contributed by atoms with Crippen LogP contribution in [0, 0.1) is 0 Å². The molecule has 1 aromatic carbocycles. The second-order valence-corrected chi connectivity index (χ2v) is 5.26. The van der Waals surface area contributed by atoms with Crippen LogP contribution in [0.1, 0.15) is 36.2 Å². The van der Waals surface area contributed by atoms with Gasteiger partial charge in [0.1, 0.15) is 5.58 Å². The molecule has 19 heavy (non-hydrogen) atoms. The zero-order valence-electron chi connectivity index (χ0n) is 11.1. The summed E-state index contributed by atoms with van der Waals surface area (Å²) >= 11 is 0. The molecule has 1 saturated carbocycles. The number of carbonyl (C=O) groups is 1. The Labute approximate surface area is 112 Å². The van der Waals surface area contributed by atoms with Gasteiger partial charge >= 0.3 is 0 Å². The van der Waals surface area contributed by atoms with E-state index < -0.39 is 0 Å². The molecule has 1 aromatic heterocycles. The molecule has 0 aliphatic heterocycles. The molecular formula is C15H18N2O2. The molecule has 1 amide bonds. The van der Waals surface area contributed by atoms with Gasteiger partial charge < -0.3 is 15.1 Å². The number of benzene rings is 1. The molecule has 0 atom stereocenters. The van der Waals surface area contributed by atoms with Gasteiger partial charge in [-0.25, -0.2) is 0 Å². The second-order valence-electron chi connectivity index (χ2n) is 5.26. The molecule has 4 heteroatoms. The van der Waals surface area contributed by atoms with Gasteiger partial charge in [-0.05, 0) is 37.1 Å². The van der Waals surface area contributed by atoms with Crippen LogP contribution in [-0.4, -0.2) is 23.9 Å². The maximum atomic E-state index is 12.4. The minimum atomic E-state index is -0.0401. The van der Waals surface area contributed by atoms with Crippen LogP contribution in [0.3, 0.4) is 0 Å². The van der Waals surface area contributed by atoms with E-state index in [0.717, 1.165) is 18.2 Å². The van der Waals surface area contributed by atoms with E-state index in [4.69, 9.17) is 10.2 Å². The summed E-state index contributed by atoms with van der Waals surface area (Å²) in [5, 5.41) is 0.878. The van der Waals surface area contributed by atoms with Crippen LogP contribution in [0.4, 0.5) is 5.69 Å². The summed E-state index contributed by atoms with van der Waals surface area (Å²) in [6.07, 6.45) is 4.60. The molecule has 0 saturated heterocycles. The number of hydrogen-bond donors (Lipinski definition) is 1. The van der Waals surface area contributed by atoms with Gasteiger partial charge in [0.25, 0.3) is 5.91 Å². The van der Waals surface area contributed by atoms with Crippen molar-refractivity contribution in [1.29, 1.82) is 0 Å². The lowest BCUT2D eigenvalue weighted by molar-refractivity contribution is 0.0705. The molecule has 100 valence electrons. The molecule has 0 bridgehead atoms. The lowest BCUT2D eigenvalue weighted by Gasteiger charge is -2.22. The first kappa shape index (κ1) is 12.1. The van der Waals surface area contributed by atoms with Crippen LogP contribution in [0.15, 0.2) is 28.7 Å². The highest BCUT2D eigenvalue weighted by Crippen LogP contribution is 2.26. The normalized spacial score (nSPS) is 16.1. The number of nitrogen functional groups attached to an aromatic ring is 1. The number of hydrogen-bond acceptors (Lipinski definition) is 3. The molecule has 1 fully saturated rings. The molecule has 4 nitrogen and oxygen atoms in total. The summed E-state index contributed by atoms with van der Waals surface area (Å²) in [7, 11) is 1.86. The van der Waals surface area contributed by atoms with E-state index in [2.05, 4.69) is 0 Å². The van der Waals surface area contributed by atoms with Crippen molar-refractivity contribution in [2.75, 3.05) is 12.8 Å². The Hall–Kier alpha value is -1.97. The molecular weight excluding hydrogens is 240 g/mol. The number of nitrogens with two attached hydrogens (primary N) is 1. The first-order valence-corrected chi connectivity index (χ1v) is 6.71. The highest BCUT2D eigenvalue weighted by molar-refractivity contribution is 5.96. The maximum absolute atomic E-state index is 12.4. The standard InChI is InChI=1S/C15H18N2O2/c1-17(12-4-2-3-5-12)15(18)14-9-10-8-11(16)6-7-13(10)19-14/h6-9,12H,2-5,16H2,1H3. The summed E-state index contributed by atoms with van der Waals surface area (Å²) in [4.78, 5) is 14.2. The van der Waals surface area contributed by atoms with Crippen molar-refractivity contribution >= 4 is 22.6 Å². The first-order chi connectivity index (χ1) is 9.15.